The van der Waals surface area contributed by atoms with Crippen molar-refractivity contribution >= 4 is 11.6 Å². The van der Waals surface area contributed by atoms with Crippen LogP contribution in [0.15, 0.2) is 12.4 Å². The fraction of sp³-hybridized carbons (Fsp3) is 0.600. The number of rotatable bonds is 1. The number of nitrogens with zero attached hydrogens (tertiary/aromatic N) is 3. The number of hydrogen-bond acceptors (Lipinski definition) is 5. The molecular formula is C10H16N4O. The van der Waals surface area contributed by atoms with Crippen LogP contribution < -0.4 is 10.6 Å². The van der Waals surface area contributed by atoms with Crippen LogP contribution in [0, 0.1) is 5.92 Å². The zero-order valence-electron chi connectivity index (χ0n) is 8.80. The minimum Gasteiger partial charge on any atom is -0.391 e. The van der Waals surface area contributed by atoms with Gasteiger partial charge in [0.25, 0.3) is 0 Å². The Morgan fingerprint density at radius 2 is 2.20 bits per heavy atom. The van der Waals surface area contributed by atoms with Crippen LogP contribution in [0.4, 0.5) is 11.6 Å². The number of nitrogens with two attached hydrogens (primary N) is 1. The van der Waals surface area contributed by atoms with Crippen LogP contribution in [-0.2, 0) is 0 Å². The monoisotopic (exact) mass is 208 g/mol. The first-order chi connectivity index (χ1) is 7.18. The minimum absolute atomic E-state index is 0.305. The zero-order valence-corrected chi connectivity index (χ0v) is 8.80. The molecule has 2 heterocycles. The van der Waals surface area contributed by atoms with Crippen LogP contribution in [0.5, 0.6) is 0 Å². The summed E-state index contributed by atoms with van der Waals surface area (Å²) in [6, 6.07) is 0. The molecule has 1 aliphatic rings. The quantitative estimate of drug-likeness (QED) is 0.692. The van der Waals surface area contributed by atoms with E-state index in [2.05, 4.69) is 16.9 Å². The van der Waals surface area contributed by atoms with Gasteiger partial charge in [0.1, 0.15) is 0 Å². The lowest BCUT2D eigenvalue weighted by Crippen LogP contribution is -2.43. The lowest BCUT2D eigenvalue weighted by molar-refractivity contribution is 0.102. The van der Waals surface area contributed by atoms with Crippen molar-refractivity contribution in [2.24, 2.45) is 5.92 Å². The van der Waals surface area contributed by atoms with Gasteiger partial charge in [0, 0.05) is 25.5 Å². The van der Waals surface area contributed by atoms with Crippen molar-refractivity contribution in [1.82, 2.24) is 9.97 Å². The molecule has 3 N–H and O–H groups in total. The lowest BCUT2D eigenvalue weighted by Gasteiger charge is -2.35. The van der Waals surface area contributed by atoms with Crippen molar-refractivity contribution in [2.45, 2.75) is 19.4 Å². The second-order valence-corrected chi connectivity index (χ2v) is 4.04. The molecule has 2 unspecified atom stereocenters. The maximum Gasteiger partial charge on any atom is 0.171 e. The van der Waals surface area contributed by atoms with Crippen molar-refractivity contribution in [2.75, 3.05) is 23.7 Å². The summed E-state index contributed by atoms with van der Waals surface area (Å²) < 4.78 is 0. The van der Waals surface area contributed by atoms with Crippen molar-refractivity contribution in [3.8, 4) is 0 Å². The number of piperidine rings is 1. The highest BCUT2D eigenvalue weighted by molar-refractivity contribution is 5.57. The Bertz CT molecular complexity index is 344. The molecule has 1 aliphatic heterocycles. The zero-order chi connectivity index (χ0) is 10.8. The molecular weight excluding hydrogens is 192 g/mol. The Morgan fingerprint density at radius 3 is 2.87 bits per heavy atom. The van der Waals surface area contributed by atoms with Gasteiger partial charge in [-0.1, -0.05) is 6.92 Å². The summed E-state index contributed by atoms with van der Waals surface area (Å²) in [5, 5.41) is 9.77. The summed E-state index contributed by atoms with van der Waals surface area (Å²) in [5.41, 5.74) is 5.73. The van der Waals surface area contributed by atoms with Gasteiger partial charge in [-0.15, -0.1) is 0 Å². The van der Waals surface area contributed by atoms with Crippen molar-refractivity contribution in [1.29, 1.82) is 0 Å². The SMILES string of the molecule is CC1CCN(c2nccnc2N)CC1O. The Balaban J connectivity index is 2.15. The summed E-state index contributed by atoms with van der Waals surface area (Å²) in [5.74, 6) is 1.46. The Morgan fingerprint density at radius 1 is 1.47 bits per heavy atom. The summed E-state index contributed by atoms with van der Waals surface area (Å²) in [7, 11) is 0. The van der Waals surface area contributed by atoms with E-state index >= 15 is 0 Å². The van der Waals surface area contributed by atoms with Gasteiger partial charge >= 0.3 is 0 Å². The number of hydrogen-bond donors (Lipinski definition) is 2. The summed E-state index contributed by atoms with van der Waals surface area (Å²) in [6.45, 7) is 3.52. The molecule has 2 atom stereocenters. The fourth-order valence-corrected chi connectivity index (χ4v) is 1.83. The average Bonchev–Trinajstić information content (AvgIpc) is 2.23. The summed E-state index contributed by atoms with van der Waals surface area (Å²) in [6.07, 6.45) is 3.84. The van der Waals surface area contributed by atoms with E-state index in [9.17, 15) is 5.11 Å². The molecule has 1 fully saturated rings. The largest absolute Gasteiger partial charge is 0.391 e. The van der Waals surface area contributed by atoms with E-state index in [0.29, 0.717) is 24.1 Å². The van der Waals surface area contributed by atoms with Crippen LogP contribution in [0.2, 0.25) is 0 Å². The van der Waals surface area contributed by atoms with Crippen molar-refractivity contribution in [3.05, 3.63) is 12.4 Å². The first-order valence-corrected chi connectivity index (χ1v) is 5.18. The first-order valence-electron chi connectivity index (χ1n) is 5.18. The molecule has 5 nitrogen and oxygen atoms in total. The fourth-order valence-electron chi connectivity index (χ4n) is 1.83. The molecule has 1 aromatic heterocycles. The molecule has 0 bridgehead atoms. The van der Waals surface area contributed by atoms with Crippen LogP contribution in [0.3, 0.4) is 0 Å². The lowest BCUT2D eigenvalue weighted by atomic mass is 9.96. The van der Waals surface area contributed by atoms with Crippen LogP contribution >= 0.6 is 0 Å². The van der Waals surface area contributed by atoms with E-state index in [0.717, 1.165) is 13.0 Å². The maximum atomic E-state index is 9.77. The number of nitrogen functional groups attached to an aromatic ring is 1. The second-order valence-electron chi connectivity index (χ2n) is 4.04. The average molecular weight is 208 g/mol. The first kappa shape index (κ1) is 10.2. The van der Waals surface area contributed by atoms with Gasteiger partial charge in [0.2, 0.25) is 0 Å². The number of aliphatic hydroxyl groups is 1. The van der Waals surface area contributed by atoms with Crippen LogP contribution in [0.25, 0.3) is 0 Å². The Kier molecular flexibility index (Phi) is 2.73. The van der Waals surface area contributed by atoms with Crippen LogP contribution in [-0.4, -0.2) is 34.3 Å². The molecule has 15 heavy (non-hydrogen) atoms. The normalized spacial score (nSPS) is 26.7. The molecule has 0 saturated carbocycles. The van der Waals surface area contributed by atoms with Crippen molar-refractivity contribution < 1.29 is 5.11 Å². The van der Waals surface area contributed by atoms with Gasteiger partial charge in [-0.05, 0) is 12.3 Å². The number of β-amino-alcohol motifs (C(OH)–C–C–N with tert-alkyl or cyclic N) is 1. The third-order valence-electron chi connectivity index (χ3n) is 2.92. The highest BCUT2D eigenvalue weighted by Gasteiger charge is 2.26. The van der Waals surface area contributed by atoms with E-state index in [1.165, 1.54) is 0 Å². The number of aromatic nitrogens is 2. The predicted octanol–water partition coefficient (Wildman–Crippen LogP) is 0.266. The molecule has 0 aromatic carbocycles. The second kappa shape index (κ2) is 4.02. The number of aliphatic hydroxyl groups excluding tert-OH is 1. The van der Waals surface area contributed by atoms with Gasteiger partial charge in [0.05, 0.1) is 6.10 Å². The Labute approximate surface area is 88.9 Å². The van der Waals surface area contributed by atoms with Gasteiger partial charge in [-0.2, -0.15) is 0 Å². The molecule has 0 aliphatic carbocycles. The highest BCUT2D eigenvalue weighted by Crippen LogP contribution is 2.24. The predicted molar refractivity (Wildman–Crippen MR) is 58.4 cm³/mol. The molecule has 2 rings (SSSR count). The molecule has 0 spiro atoms. The molecule has 5 heteroatoms. The van der Waals surface area contributed by atoms with Crippen molar-refractivity contribution in [3.63, 3.8) is 0 Å². The van der Waals surface area contributed by atoms with Gasteiger partial charge < -0.3 is 15.7 Å². The third kappa shape index (κ3) is 2.02. The molecule has 82 valence electrons. The smallest absolute Gasteiger partial charge is 0.171 e. The van der Waals surface area contributed by atoms with E-state index in [1.54, 1.807) is 12.4 Å². The standard InChI is InChI=1S/C10H16N4O/c1-7-2-5-14(6-8(7)15)10-9(11)12-3-4-13-10/h3-4,7-8,15H,2,5-6H2,1H3,(H2,11,12). The molecule has 0 amide bonds. The van der Waals surface area contributed by atoms with Gasteiger partial charge in [0.15, 0.2) is 11.6 Å². The minimum atomic E-state index is -0.305. The van der Waals surface area contributed by atoms with E-state index in [1.807, 2.05) is 4.90 Å². The summed E-state index contributed by atoms with van der Waals surface area (Å²) >= 11 is 0. The van der Waals surface area contributed by atoms with Gasteiger partial charge in [-0.25, -0.2) is 9.97 Å². The molecule has 1 saturated heterocycles. The van der Waals surface area contributed by atoms with Crippen LogP contribution in [0.1, 0.15) is 13.3 Å². The summed E-state index contributed by atoms with van der Waals surface area (Å²) in [4.78, 5) is 10.2. The number of anilines is 2. The van der Waals surface area contributed by atoms with E-state index in [4.69, 9.17) is 5.73 Å². The van der Waals surface area contributed by atoms with E-state index in [-0.39, 0.29) is 6.10 Å². The van der Waals surface area contributed by atoms with Gasteiger partial charge in [-0.3, -0.25) is 0 Å². The maximum absolute atomic E-state index is 9.77. The topological polar surface area (TPSA) is 75.3 Å². The molecule has 1 aromatic rings. The molecule has 0 radical (unpaired) electrons. The third-order valence-corrected chi connectivity index (χ3v) is 2.92. The Hall–Kier alpha value is -1.36. The van der Waals surface area contributed by atoms with E-state index < -0.39 is 0 Å². The highest BCUT2D eigenvalue weighted by atomic mass is 16.3.